The Balaban J connectivity index is 1.74. The number of likely N-dealkylation sites (tertiary alicyclic amines) is 1. The standard InChI is InChI=1S/C14H17N3OS/c1-10-8-15-14(16-10)12-3-2-5-17(12)13(18)7-11-4-6-19-9-11/h4,6,8-9,12H,2-3,5,7H2,1H3,(H,15,16)/t12-/m1/s1. The van der Waals surface area contributed by atoms with Crippen molar-refractivity contribution in [2.75, 3.05) is 6.54 Å². The molecule has 2 aromatic heterocycles. The lowest BCUT2D eigenvalue weighted by Gasteiger charge is -2.23. The van der Waals surface area contributed by atoms with Crippen LogP contribution < -0.4 is 0 Å². The quantitative estimate of drug-likeness (QED) is 0.936. The molecule has 1 fully saturated rings. The fourth-order valence-electron chi connectivity index (χ4n) is 2.62. The van der Waals surface area contributed by atoms with Crippen LogP contribution >= 0.6 is 11.3 Å². The van der Waals surface area contributed by atoms with Crippen molar-refractivity contribution >= 4 is 17.2 Å². The highest BCUT2D eigenvalue weighted by Gasteiger charge is 2.31. The number of hydrogen-bond donors (Lipinski definition) is 1. The molecule has 3 rings (SSSR count). The van der Waals surface area contributed by atoms with E-state index in [-0.39, 0.29) is 11.9 Å². The Kier molecular flexibility index (Phi) is 3.38. The van der Waals surface area contributed by atoms with Gasteiger partial charge in [-0.3, -0.25) is 4.79 Å². The highest BCUT2D eigenvalue weighted by molar-refractivity contribution is 7.07. The summed E-state index contributed by atoms with van der Waals surface area (Å²) in [6.07, 6.45) is 4.39. The van der Waals surface area contributed by atoms with Crippen LogP contribution in [-0.2, 0) is 11.2 Å². The molecule has 3 heterocycles. The van der Waals surface area contributed by atoms with Crippen LogP contribution in [0.25, 0.3) is 0 Å². The van der Waals surface area contributed by atoms with Crippen LogP contribution in [0.5, 0.6) is 0 Å². The Morgan fingerprint density at radius 2 is 2.53 bits per heavy atom. The molecule has 0 aliphatic carbocycles. The first kappa shape index (κ1) is 12.4. The second-order valence-electron chi connectivity index (χ2n) is 5.00. The summed E-state index contributed by atoms with van der Waals surface area (Å²) in [6, 6.07) is 2.14. The van der Waals surface area contributed by atoms with Crippen LogP contribution in [0.2, 0.25) is 0 Å². The maximum absolute atomic E-state index is 12.4. The third-order valence-electron chi connectivity index (χ3n) is 3.55. The van der Waals surface area contributed by atoms with Gasteiger partial charge in [0.25, 0.3) is 0 Å². The number of amides is 1. The molecular weight excluding hydrogens is 258 g/mol. The minimum Gasteiger partial charge on any atom is -0.344 e. The van der Waals surface area contributed by atoms with E-state index in [1.165, 1.54) is 0 Å². The molecule has 1 aliphatic heterocycles. The molecule has 1 atom stereocenters. The summed E-state index contributed by atoms with van der Waals surface area (Å²) in [7, 11) is 0. The van der Waals surface area contributed by atoms with Crippen molar-refractivity contribution in [3.63, 3.8) is 0 Å². The van der Waals surface area contributed by atoms with Gasteiger partial charge < -0.3 is 9.88 Å². The van der Waals surface area contributed by atoms with Gasteiger partial charge in [0.15, 0.2) is 0 Å². The second-order valence-corrected chi connectivity index (χ2v) is 5.79. The predicted molar refractivity (Wildman–Crippen MR) is 75.0 cm³/mol. The number of imidazole rings is 1. The lowest BCUT2D eigenvalue weighted by molar-refractivity contribution is -0.131. The summed E-state index contributed by atoms with van der Waals surface area (Å²) < 4.78 is 0. The number of aromatic nitrogens is 2. The molecule has 19 heavy (non-hydrogen) atoms. The highest BCUT2D eigenvalue weighted by atomic mass is 32.1. The van der Waals surface area contributed by atoms with Crippen LogP contribution in [0, 0.1) is 6.92 Å². The topological polar surface area (TPSA) is 49.0 Å². The van der Waals surface area contributed by atoms with E-state index in [1.807, 2.05) is 34.8 Å². The van der Waals surface area contributed by atoms with Gasteiger partial charge in [0.2, 0.25) is 5.91 Å². The summed E-state index contributed by atoms with van der Waals surface area (Å²) in [5.41, 5.74) is 2.16. The minimum atomic E-state index is 0.125. The third kappa shape index (κ3) is 2.56. The van der Waals surface area contributed by atoms with Gasteiger partial charge >= 0.3 is 0 Å². The molecule has 4 nitrogen and oxygen atoms in total. The van der Waals surface area contributed by atoms with Crippen molar-refractivity contribution in [1.29, 1.82) is 0 Å². The summed E-state index contributed by atoms with van der Waals surface area (Å²) in [4.78, 5) is 22.0. The Morgan fingerprint density at radius 1 is 1.63 bits per heavy atom. The zero-order chi connectivity index (χ0) is 13.2. The average Bonchev–Trinajstić information content (AvgIpc) is 3.07. The number of nitrogens with zero attached hydrogens (tertiary/aromatic N) is 2. The monoisotopic (exact) mass is 275 g/mol. The maximum Gasteiger partial charge on any atom is 0.227 e. The van der Waals surface area contributed by atoms with Crippen molar-refractivity contribution in [3.05, 3.63) is 40.1 Å². The summed E-state index contributed by atoms with van der Waals surface area (Å²) in [6.45, 7) is 2.83. The number of carbonyl (C=O) groups is 1. The van der Waals surface area contributed by atoms with Crippen LogP contribution in [0.15, 0.2) is 23.0 Å². The number of H-pyrrole nitrogens is 1. The van der Waals surface area contributed by atoms with Gasteiger partial charge in [-0.05, 0) is 42.2 Å². The van der Waals surface area contributed by atoms with Gasteiger partial charge in [-0.15, -0.1) is 0 Å². The number of rotatable bonds is 3. The zero-order valence-corrected chi connectivity index (χ0v) is 11.7. The van der Waals surface area contributed by atoms with Crippen LogP contribution in [0.1, 0.15) is 36.0 Å². The van der Waals surface area contributed by atoms with E-state index in [0.29, 0.717) is 6.42 Å². The van der Waals surface area contributed by atoms with Crippen molar-refractivity contribution in [2.24, 2.45) is 0 Å². The molecule has 5 heteroatoms. The van der Waals surface area contributed by atoms with Crippen molar-refractivity contribution < 1.29 is 4.79 Å². The molecule has 1 N–H and O–H groups in total. The maximum atomic E-state index is 12.4. The number of nitrogens with one attached hydrogen (secondary N) is 1. The van der Waals surface area contributed by atoms with Gasteiger partial charge in [-0.2, -0.15) is 11.3 Å². The molecule has 0 spiro atoms. The van der Waals surface area contributed by atoms with E-state index < -0.39 is 0 Å². The van der Waals surface area contributed by atoms with E-state index in [2.05, 4.69) is 9.97 Å². The molecule has 2 aromatic rings. The number of aromatic amines is 1. The molecule has 100 valence electrons. The smallest absolute Gasteiger partial charge is 0.227 e. The first-order valence-corrected chi connectivity index (χ1v) is 7.50. The molecule has 0 radical (unpaired) electrons. The molecule has 1 aliphatic rings. The van der Waals surface area contributed by atoms with Gasteiger partial charge in [0.1, 0.15) is 5.82 Å². The SMILES string of the molecule is Cc1cnc([C@H]2CCCN2C(=O)Cc2ccsc2)[nH]1. The molecule has 0 aromatic carbocycles. The van der Waals surface area contributed by atoms with Gasteiger partial charge in [-0.1, -0.05) is 0 Å². The van der Waals surface area contributed by atoms with E-state index in [0.717, 1.165) is 36.5 Å². The largest absolute Gasteiger partial charge is 0.344 e. The second kappa shape index (κ2) is 5.17. The summed E-state index contributed by atoms with van der Waals surface area (Å²) in [5, 5.41) is 4.06. The van der Waals surface area contributed by atoms with E-state index in [1.54, 1.807) is 11.3 Å². The first-order chi connectivity index (χ1) is 9.24. The number of aryl methyl sites for hydroxylation is 1. The van der Waals surface area contributed by atoms with E-state index in [9.17, 15) is 4.79 Å². The Bertz CT molecular complexity index is 561. The average molecular weight is 275 g/mol. The highest BCUT2D eigenvalue weighted by Crippen LogP contribution is 2.30. The van der Waals surface area contributed by atoms with Crippen LogP contribution in [-0.4, -0.2) is 27.3 Å². The van der Waals surface area contributed by atoms with Crippen LogP contribution in [0.3, 0.4) is 0 Å². The van der Waals surface area contributed by atoms with Gasteiger partial charge in [0, 0.05) is 18.4 Å². The van der Waals surface area contributed by atoms with Crippen LogP contribution in [0.4, 0.5) is 0 Å². The van der Waals surface area contributed by atoms with Crippen molar-refractivity contribution in [3.8, 4) is 0 Å². The molecule has 0 bridgehead atoms. The third-order valence-corrected chi connectivity index (χ3v) is 4.28. The number of hydrogen-bond acceptors (Lipinski definition) is 3. The van der Waals surface area contributed by atoms with E-state index in [4.69, 9.17) is 0 Å². The lowest BCUT2D eigenvalue weighted by atomic mass is 10.2. The Hall–Kier alpha value is -1.62. The number of thiophene rings is 1. The fourth-order valence-corrected chi connectivity index (χ4v) is 3.29. The van der Waals surface area contributed by atoms with Gasteiger partial charge in [0.05, 0.1) is 12.5 Å². The first-order valence-electron chi connectivity index (χ1n) is 6.56. The normalized spacial score (nSPS) is 19.0. The predicted octanol–water partition coefficient (Wildman–Crippen LogP) is 2.69. The minimum absolute atomic E-state index is 0.125. The Labute approximate surface area is 116 Å². The zero-order valence-electron chi connectivity index (χ0n) is 10.9. The summed E-state index contributed by atoms with van der Waals surface area (Å²) >= 11 is 1.64. The Morgan fingerprint density at radius 3 is 3.21 bits per heavy atom. The molecule has 1 saturated heterocycles. The molecular formula is C14H17N3OS. The molecule has 1 amide bonds. The van der Waals surface area contributed by atoms with Gasteiger partial charge in [-0.25, -0.2) is 4.98 Å². The molecule has 0 saturated carbocycles. The lowest BCUT2D eigenvalue weighted by Crippen LogP contribution is -2.32. The summed E-state index contributed by atoms with van der Waals surface area (Å²) in [5.74, 6) is 1.13. The van der Waals surface area contributed by atoms with E-state index >= 15 is 0 Å². The fraction of sp³-hybridized carbons (Fsp3) is 0.429. The number of carbonyl (C=O) groups excluding carboxylic acids is 1. The molecule has 0 unspecified atom stereocenters. The van der Waals surface area contributed by atoms with Crippen molar-refractivity contribution in [1.82, 2.24) is 14.9 Å². The van der Waals surface area contributed by atoms with Crippen molar-refractivity contribution in [2.45, 2.75) is 32.2 Å².